The summed E-state index contributed by atoms with van der Waals surface area (Å²) in [5.41, 5.74) is 0. The molecular formula is C26H30O6Sn. The molecule has 3 aromatic carbocycles. The van der Waals surface area contributed by atoms with Crippen LogP contribution in [0, 0.1) is 17.8 Å². The van der Waals surface area contributed by atoms with Crippen molar-refractivity contribution in [2.45, 2.75) is 41.5 Å². The van der Waals surface area contributed by atoms with Crippen LogP contribution in [0.25, 0.3) is 21.5 Å². The van der Waals surface area contributed by atoms with E-state index in [1.165, 1.54) is 0 Å². The van der Waals surface area contributed by atoms with Gasteiger partial charge < -0.3 is 0 Å². The van der Waals surface area contributed by atoms with E-state index in [2.05, 4.69) is 0 Å². The topological polar surface area (TPSA) is 78.9 Å². The number of hydrogen-bond acceptors (Lipinski definition) is 6. The van der Waals surface area contributed by atoms with E-state index in [1.54, 1.807) is 41.5 Å². The van der Waals surface area contributed by atoms with Crippen LogP contribution in [0.15, 0.2) is 54.6 Å². The molecule has 0 heterocycles. The fourth-order valence-corrected chi connectivity index (χ4v) is 12.0. The van der Waals surface area contributed by atoms with E-state index in [0.717, 1.165) is 21.5 Å². The second-order valence-corrected chi connectivity index (χ2v) is 15.3. The predicted molar refractivity (Wildman–Crippen MR) is 130 cm³/mol. The molecule has 0 atom stereocenters. The number of benzene rings is 3. The first-order valence-corrected chi connectivity index (χ1v) is 16.1. The van der Waals surface area contributed by atoms with E-state index >= 15 is 0 Å². The van der Waals surface area contributed by atoms with E-state index in [0.29, 0.717) is 3.58 Å². The third-order valence-corrected chi connectivity index (χ3v) is 12.5. The molecule has 0 radical (unpaired) electrons. The van der Waals surface area contributed by atoms with Crippen LogP contribution in [0.1, 0.15) is 41.5 Å². The fourth-order valence-electron chi connectivity index (χ4n) is 3.31. The van der Waals surface area contributed by atoms with Gasteiger partial charge in [0, 0.05) is 0 Å². The predicted octanol–water partition coefficient (Wildman–Crippen LogP) is 4.74. The van der Waals surface area contributed by atoms with Crippen molar-refractivity contribution in [3.05, 3.63) is 54.6 Å². The maximum absolute atomic E-state index is 13.0. The Hall–Kier alpha value is -2.61. The van der Waals surface area contributed by atoms with Gasteiger partial charge in [-0.25, -0.2) is 0 Å². The van der Waals surface area contributed by atoms with E-state index in [9.17, 15) is 14.4 Å². The Labute approximate surface area is 199 Å². The standard InChI is InChI=1S/C14H9.3C4H8O2.Sn/c1-2-6-12-10-14-8-4-3-7-13(14)9-11(12)5-1;3*1-3(2)4(5)6;/h1-9H;3*3H,1-2H3,(H,5,6);/q;;;;+3/p-3. The summed E-state index contributed by atoms with van der Waals surface area (Å²) in [5.74, 6) is -3.23. The van der Waals surface area contributed by atoms with Gasteiger partial charge in [-0.05, 0) is 0 Å². The monoisotopic (exact) mass is 558 g/mol. The Morgan fingerprint density at radius 3 is 1.27 bits per heavy atom. The van der Waals surface area contributed by atoms with Gasteiger partial charge in [-0.2, -0.15) is 0 Å². The summed E-state index contributed by atoms with van der Waals surface area (Å²) in [7, 11) is 0. The Balaban J connectivity index is 2.44. The van der Waals surface area contributed by atoms with Crippen LogP contribution in [0.5, 0.6) is 0 Å². The average Bonchev–Trinajstić information content (AvgIpc) is 2.76. The molecule has 0 aliphatic rings. The van der Waals surface area contributed by atoms with Crippen molar-refractivity contribution in [3.8, 4) is 0 Å². The molecule has 0 aromatic heterocycles. The van der Waals surface area contributed by atoms with Crippen LogP contribution in [0.3, 0.4) is 0 Å². The minimum atomic E-state index is -5.47. The normalized spacial score (nSPS) is 11.9. The van der Waals surface area contributed by atoms with E-state index in [1.807, 2.05) is 54.6 Å². The summed E-state index contributed by atoms with van der Waals surface area (Å²) in [6.45, 7) is 10.1. The number of carbonyl (C=O) groups is 3. The molecule has 0 spiro atoms. The van der Waals surface area contributed by atoms with Crippen LogP contribution >= 0.6 is 0 Å². The van der Waals surface area contributed by atoms with Crippen LogP contribution in [0.4, 0.5) is 0 Å². The van der Waals surface area contributed by atoms with E-state index in [4.69, 9.17) is 9.22 Å². The van der Waals surface area contributed by atoms with Gasteiger partial charge in [-0.15, -0.1) is 0 Å². The molecule has 0 bridgehead atoms. The van der Waals surface area contributed by atoms with Crippen LogP contribution in [0.2, 0.25) is 0 Å². The van der Waals surface area contributed by atoms with Crippen molar-refractivity contribution < 1.29 is 23.6 Å². The second kappa shape index (κ2) is 10.1. The van der Waals surface area contributed by atoms with Crippen LogP contribution in [-0.4, -0.2) is 37.5 Å². The molecule has 7 heteroatoms. The molecule has 33 heavy (non-hydrogen) atoms. The van der Waals surface area contributed by atoms with Crippen molar-refractivity contribution in [1.82, 2.24) is 0 Å². The molecule has 0 unspecified atom stereocenters. The zero-order valence-corrected chi connectivity index (χ0v) is 22.7. The van der Waals surface area contributed by atoms with Gasteiger partial charge in [-0.3, -0.25) is 0 Å². The summed E-state index contributed by atoms with van der Waals surface area (Å²) in [6, 6.07) is 17.1. The van der Waals surface area contributed by atoms with Crippen LogP contribution < -0.4 is 3.58 Å². The summed E-state index contributed by atoms with van der Waals surface area (Å²) >= 11 is -5.47. The quantitative estimate of drug-likeness (QED) is 0.309. The van der Waals surface area contributed by atoms with Crippen molar-refractivity contribution in [1.29, 1.82) is 0 Å². The minimum absolute atomic E-state index is 0.502. The van der Waals surface area contributed by atoms with E-state index < -0.39 is 55.3 Å². The molecule has 6 nitrogen and oxygen atoms in total. The molecule has 3 aromatic rings. The van der Waals surface area contributed by atoms with Gasteiger partial charge in [0.05, 0.1) is 0 Å². The average molecular weight is 557 g/mol. The van der Waals surface area contributed by atoms with Crippen molar-refractivity contribution in [2.75, 3.05) is 0 Å². The first-order chi connectivity index (χ1) is 15.6. The van der Waals surface area contributed by atoms with Crippen molar-refractivity contribution in [2.24, 2.45) is 17.8 Å². The molecule has 0 N–H and O–H groups in total. The van der Waals surface area contributed by atoms with Crippen molar-refractivity contribution in [3.63, 3.8) is 0 Å². The fraction of sp³-hybridized carbons (Fsp3) is 0.346. The Morgan fingerprint density at radius 1 is 0.606 bits per heavy atom. The molecule has 0 fully saturated rings. The Kier molecular flexibility index (Phi) is 7.67. The third-order valence-electron chi connectivity index (χ3n) is 5.20. The SMILES string of the molecule is CC(C)C(=O)[O][Sn]([O]C(=O)C(C)C)([O]C(=O)C(C)C)[c]1c2ccccc2cc2ccccc12. The van der Waals surface area contributed by atoms with Gasteiger partial charge >= 0.3 is 200 Å². The molecule has 174 valence electrons. The third kappa shape index (κ3) is 5.32. The van der Waals surface area contributed by atoms with Crippen LogP contribution in [-0.2, 0) is 23.6 Å². The van der Waals surface area contributed by atoms with Gasteiger partial charge in [0.15, 0.2) is 0 Å². The summed E-state index contributed by atoms with van der Waals surface area (Å²) < 4.78 is 18.6. The van der Waals surface area contributed by atoms with Gasteiger partial charge in [-0.1, -0.05) is 0 Å². The van der Waals surface area contributed by atoms with Gasteiger partial charge in [0.25, 0.3) is 0 Å². The molecule has 0 aliphatic heterocycles. The molecular weight excluding hydrogens is 527 g/mol. The van der Waals surface area contributed by atoms with Crippen molar-refractivity contribution >= 4 is 62.7 Å². The second-order valence-electron chi connectivity index (χ2n) is 8.98. The first-order valence-electron chi connectivity index (χ1n) is 11.1. The Morgan fingerprint density at radius 2 is 0.939 bits per heavy atom. The summed E-state index contributed by atoms with van der Waals surface area (Å²) in [4.78, 5) is 38.9. The number of rotatable bonds is 7. The molecule has 0 saturated carbocycles. The van der Waals surface area contributed by atoms with Gasteiger partial charge in [0.1, 0.15) is 0 Å². The number of hydrogen-bond donors (Lipinski definition) is 0. The molecule has 0 saturated heterocycles. The number of fused-ring (bicyclic) bond motifs is 2. The zero-order valence-electron chi connectivity index (χ0n) is 19.9. The van der Waals surface area contributed by atoms with E-state index in [-0.39, 0.29) is 0 Å². The zero-order chi connectivity index (χ0) is 24.3. The van der Waals surface area contributed by atoms with Gasteiger partial charge in [0.2, 0.25) is 0 Å². The molecule has 3 rings (SSSR count). The molecule has 0 amide bonds. The Bertz CT molecular complexity index is 1090. The summed E-state index contributed by atoms with van der Waals surface area (Å²) in [5, 5.41) is 3.21. The molecule has 0 aliphatic carbocycles. The first kappa shape index (κ1) is 25.0. The number of carbonyl (C=O) groups excluding carboxylic acids is 3. The summed E-state index contributed by atoms with van der Waals surface area (Å²) in [6.07, 6.45) is 0. The maximum atomic E-state index is 13.0.